The zero-order chi connectivity index (χ0) is 15.9. The molecule has 0 radical (unpaired) electrons. The fourth-order valence-electron chi connectivity index (χ4n) is 2.29. The normalized spacial score (nSPS) is 19.5. The molecular formula is C15H19F2N3O2. The van der Waals surface area contributed by atoms with Crippen LogP contribution in [-0.2, 0) is 0 Å². The summed E-state index contributed by atoms with van der Waals surface area (Å²) in [7, 11) is 3.28. The zero-order valence-corrected chi connectivity index (χ0v) is 12.7. The molecule has 22 heavy (non-hydrogen) atoms. The van der Waals surface area contributed by atoms with E-state index in [1.165, 1.54) is 9.80 Å². The van der Waals surface area contributed by atoms with Gasteiger partial charge in [0.15, 0.2) is 0 Å². The molecule has 120 valence electrons. The smallest absolute Gasteiger partial charge is 0.282 e. The van der Waals surface area contributed by atoms with Crippen LogP contribution < -0.4 is 9.64 Å². The van der Waals surface area contributed by atoms with Crippen molar-refractivity contribution in [1.29, 1.82) is 0 Å². The van der Waals surface area contributed by atoms with E-state index >= 15 is 0 Å². The number of halogens is 2. The van der Waals surface area contributed by atoms with Gasteiger partial charge >= 0.3 is 0 Å². The highest BCUT2D eigenvalue weighted by Crippen LogP contribution is 2.37. The number of rotatable bonds is 5. The van der Waals surface area contributed by atoms with Gasteiger partial charge in [0.2, 0.25) is 5.88 Å². The van der Waals surface area contributed by atoms with Crippen molar-refractivity contribution in [2.24, 2.45) is 5.92 Å². The highest BCUT2D eigenvalue weighted by Gasteiger charge is 2.45. The predicted molar refractivity (Wildman–Crippen MR) is 77.6 cm³/mol. The number of amides is 1. The lowest BCUT2D eigenvalue weighted by Crippen LogP contribution is -2.56. The lowest BCUT2D eigenvalue weighted by Gasteiger charge is -2.40. The second-order valence-electron chi connectivity index (χ2n) is 6.19. The maximum absolute atomic E-state index is 13.1. The van der Waals surface area contributed by atoms with Gasteiger partial charge < -0.3 is 14.5 Å². The summed E-state index contributed by atoms with van der Waals surface area (Å²) in [6.45, 7) is -0.158. The van der Waals surface area contributed by atoms with E-state index in [1.807, 2.05) is 0 Å². The van der Waals surface area contributed by atoms with E-state index in [0.29, 0.717) is 18.2 Å². The largest absolute Gasteiger partial charge is 0.476 e. The van der Waals surface area contributed by atoms with Crippen molar-refractivity contribution in [2.45, 2.75) is 18.8 Å². The van der Waals surface area contributed by atoms with Gasteiger partial charge in [-0.05, 0) is 30.9 Å². The first-order chi connectivity index (χ1) is 10.4. The molecule has 0 bridgehead atoms. The number of carbonyl (C=O) groups excluding carboxylic acids is 1. The number of alkyl halides is 2. The molecular weight excluding hydrogens is 292 g/mol. The maximum atomic E-state index is 13.1. The fourth-order valence-corrected chi connectivity index (χ4v) is 2.29. The number of hydrogen-bond acceptors (Lipinski definition) is 4. The Labute approximate surface area is 127 Å². The third-order valence-corrected chi connectivity index (χ3v) is 3.80. The van der Waals surface area contributed by atoms with E-state index in [2.05, 4.69) is 4.98 Å². The molecule has 1 saturated heterocycles. The van der Waals surface area contributed by atoms with Gasteiger partial charge in [0.1, 0.15) is 11.4 Å². The summed E-state index contributed by atoms with van der Waals surface area (Å²) in [4.78, 5) is 19.2. The van der Waals surface area contributed by atoms with Crippen LogP contribution in [0, 0.1) is 5.92 Å². The van der Waals surface area contributed by atoms with Gasteiger partial charge in [-0.2, -0.15) is 0 Å². The van der Waals surface area contributed by atoms with Gasteiger partial charge in [-0.3, -0.25) is 4.79 Å². The van der Waals surface area contributed by atoms with E-state index in [-0.39, 0.29) is 30.6 Å². The number of ether oxygens (including phenoxy) is 1. The molecule has 2 fully saturated rings. The Morgan fingerprint density at radius 2 is 2.09 bits per heavy atom. The molecule has 0 atom stereocenters. The number of nitrogens with zero attached hydrogens (tertiary/aromatic N) is 3. The Balaban J connectivity index is 1.82. The average Bonchev–Trinajstić information content (AvgIpc) is 3.25. The van der Waals surface area contributed by atoms with E-state index in [9.17, 15) is 13.6 Å². The molecule has 0 N–H and O–H groups in total. The van der Waals surface area contributed by atoms with Gasteiger partial charge in [-0.1, -0.05) is 0 Å². The van der Waals surface area contributed by atoms with Crippen LogP contribution in [0.25, 0.3) is 0 Å². The van der Waals surface area contributed by atoms with E-state index in [1.54, 1.807) is 26.2 Å². The number of anilines is 1. The van der Waals surface area contributed by atoms with Gasteiger partial charge in [-0.15, -0.1) is 0 Å². The highest BCUT2D eigenvalue weighted by atomic mass is 19.3. The molecule has 2 heterocycles. The molecule has 1 amide bonds. The summed E-state index contributed by atoms with van der Waals surface area (Å²) in [6.07, 6.45) is 2.24. The van der Waals surface area contributed by atoms with Crippen molar-refractivity contribution in [3.8, 4) is 5.88 Å². The third kappa shape index (κ3) is 3.13. The maximum Gasteiger partial charge on any atom is 0.282 e. The first kappa shape index (κ1) is 15.0. The van der Waals surface area contributed by atoms with Crippen LogP contribution in [0.4, 0.5) is 14.5 Å². The molecule has 0 unspecified atom stereocenters. The van der Waals surface area contributed by atoms with Crippen LogP contribution in [0.15, 0.2) is 12.1 Å². The summed E-state index contributed by atoms with van der Waals surface area (Å²) >= 11 is 0. The molecule has 0 spiro atoms. The molecule has 1 aromatic heterocycles. The van der Waals surface area contributed by atoms with Crippen molar-refractivity contribution >= 4 is 11.6 Å². The molecule has 1 aliphatic carbocycles. The SMILES string of the molecule is CN(C)C(=O)c1ccc(N2CC(F)(F)C2)c(OCC2CC2)n1. The van der Waals surface area contributed by atoms with Crippen molar-refractivity contribution in [1.82, 2.24) is 9.88 Å². The minimum absolute atomic E-state index is 0.239. The minimum Gasteiger partial charge on any atom is -0.476 e. The lowest BCUT2D eigenvalue weighted by atomic mass is 10.1. The van der Waals surface area contributed by atoms with Gasteiger partial charge in [0.05, 0.1) is 19.7 Å². The van der Waals surface area contributed by atoms with Crippen molar-refractivity contribution in [3.05, 3.63) is 17.8 Å². The molecule has 3 rings (SSSR count). The predicted octanol–water partition coefficient (Wildman–Crippen LogP) is 2.03. The molecule has 1 saturated carbocycles. The number of hydrogen-bond donors (Lipinski definition) is 0. The summed E-state index contributed by atoms with van der Waals surface area (Å²) in [5.41, 5.74) is 0.786. The minimum atomic E-state index is -2.66. The van der Waals surface area contributed by atoms with Crippen LogP contribution in [0.5, 0.6) is 5.88 Å². The highest BCUT2D eigenvalue weighted by molar-refractivity contribution is 5.92. The Morgan fingerprint density at radius 3 is 2.64 bits per heavy atom. The van der Waals surface area contributed by atoms with Crippen LogP contribution >= 0.6 is 0 Å². The monoisotopic (exact) mass is 311 g/mol. The van der Waals surface area contributed by atoms with Crippen molar-refractivity contribution < 1.29 is 18.3 Å². The standard InChI is InChI=1S/C15H19F2N3O2/c1-19(2)14(21)11-5-6-12(20-8-15(16,17)9-20)13(18-11)22-7-10-3-4-10/h5-6,10H,3-4,7-9H2,1-2H3. The Bertz CT molecular complexity index is 580. The van der Waals surface area contributed by atoms with E-state index < -0.39 is 5.92 Å². The summed E-state index contributed by atoms with van der Waals surface area (Å²) < 4.78 is 31.8. The Hall–Kier alpha value is -1.92. The number of aromatic nitrogens is 1. The van der Waals surface area contributed by atoms with Gasteiger partial charge in [0, 0.05) is 14.1 Å². The van der Waals surface area contributed by atoms with E-state index in [0.717, 1.165) is 12.8 Å². The van der Waals surface area contributed by atoms with Crippen LogP contribution in [0.1, 0.15) is 23.3 Å². The van der Waals surface area contributed by atoms with Gasteiger partial charge in [0.25, 0.3) is 11.8 Å². The second kappa shape index (κ2) is 5.37. The van der Waals surface area contributed by atoms with Crippen LogP contribution in [0.3, 0.4) is 0 Å². The van der Waals surface area contributed by atoms with Crippen LogP contribution in [0.2, 0.25) is 0 Å². The summed E-state index contributed by atoms with van der Waals surface area (Å²) in [5, 5.41) is 0. The molecule has 7 heteroatoms. The molecule has 2 aliphatic rings. The molecule has 1 aliphatic heterocycles. The first-order valence-corrected chi connectivity index (χ1v) is 7.34. The summed E-state index contributed by atoms with van der Waals surface area (Å²) in [5.74, 6) is -2.11. The zero-order valence-electron chi connectivity index (χ0n) is 12.7. The van der Waals surface area contributed by atoms with Crippen molar-refractivity contribution in [3.63, 3.8) is 0 Å². The average molecular weight is 311 g/mol. The Morgan fingerprint density at radius 1 is 1.41 bits per heavy atom. The van der Waals surface area contributed by atoms with Gasteiger partial charge in [-0.25, -0.2) is 13.8 Å². The Kier molecular flexibility index (Phi) is 3.66. The number of pyridine rings is 1. The molecule has 5 nitrogen and oxygen atoms in total. The van der Waals surface area contributed by atoms with Crippen molar-refractivity contribution in [2.75, 3.05) is 38.7 Å². The number of carbonyl (C=O) groups is 1. The fraction of sp³-hybridized carbons (Fsp3) is 0.600. The second-order valence-corrected chi connectivity index (χ2v) is 6.19. The molecule has 0 aromatic carbocycles. The summed E-state index contributed by atoms with van der Waals surface area (Å²) in [6, 6.07) is 3.19. The quantitative estimate of drug-likeness (QED) is 0.835. The van der Waals surface area contributed by atoms with Crippen LogP contribution in [-0.4, -0.2) is 55.5 Å². The first-order valence-electron chi connectivity index (χ1n) is 7.34. The topological polar surface area (TPSA) is 45.7 Å². The third-order valence-electron chi connectivity index (χ3n) is 3.80. The molecule has 1 aromatic rings. The lowest BCUT2D eigenvalue weighted by molar-refractivity contribution is -0.0265. The van der Waals surface area contributed by atoms with E-state index in [4.69, 9.17) is 4.74 Å².